The van der Waals surface area contributed by atoms with Crippen molar-refractivity contribution in [1.82, 2.24) is 20.4 Å². The van der Waals surface area contributed by atoms with E-state index >= 15 is 0 Å². The molecule has 0 saturated carbocycles. The van der Waals surface area contributed by atoms with Gasteiger partial charge in [0, 0.05) is 16.7 Å². The van der Waals surface area contributed by atoms with Crippen LogP contribution in [0, 0.1) is 0 Å². The van der Waals surface area contributed by atoms with E-state index in [9.17, 15) is 4.79 Å². The van der Waals surface area contributed by atoms with Crippen LogP contribution in [-0.4, -0.2) is 26.8 Å². The van der Waals surface area contributed by atoms with E-state index in [-0.39, 0.29) is 18.9 Å². The third kappa shape index (κ3) is 4.89. The highest BCUT2D eigenvalue weighted by atomic mass is 32.2. The van der Waals surface area contributed by atoms with Gasteiger partial charge in [0.2, 0.25) is 11.8 Å². The number of carbonyl (C=O) groups excluding carboxylic acids is 1. The Labute approximate surface area is 151 Å². The molecule has 0 aliphatic heterocycles. The average molecular weight is 381 g/mol. The minimum atomic E-state index is -0.105. The van der Waals surface area contributed by atoms with E-state index in [0.29, 0.717) is 18.1 Å². The molecule has 24 heavy (non-hydrogen) atoms. The lowest BCUT2D eigenvalue weighted by Gasteiger charge is -1.99. The number of thiazole rings is 1. The molecule has 3 aromatic heterocycles. The molecule has 3 heterocycles. The van der Waals surface area contributed by atoms with Crippen molar-refractivity contribution >= 4 is 40.3 Å². The van der Waals surface area contributed by atoms with Gasteiger partial charge in [-0.25, -0.2) is 4.98 Å². The van der Waals surface area contributed by atoms with Crippen molar-refractivity contribution in [2.24, 2.45) is 0 Å². The smallest absolute Gasteiger partial charge is 0.246 e. The number of thioether (sulfide) groups is 1. The molecule has 1 amide bonds. The first-order valence-corrected chi connectivity index (χ1v) is 10.1. The van der Waals surface area contributed by atoms with E-state index in [0.717, 1.165) is 15.8 Å². The minimum absolute atomic E-state index is 0.105. The van der Waals surface area contributed by atoms with Crippen molar-refractivity contribution in [2.75, 3.05) is 5.75 Å². The van der Waals surface area contributed by atoms with E-state index in [2.05, 4.69) is 27.4 Å². The zero-order chi connectivity index (χ0) is 16.8. The molecule has 0 atom stereocenters. The zero-order valence-corrected chi connectivity index (χ0v) is 15.5. The van der Waals surface area contributed by atoms with Gasteiger partial charge >= 0.3 is 0 Å². The molecule has 1 N–H and O–H groups in total. The summed E-state index contributed by atoms with van der Waals surface area (Å²) in [6.45, 7) is 2.31. The van der Waals surface area contributed by atoms with Crippen LogP contribution in [0.15, 0.2) is 31.8 Å². The molecule has 3 aromatic rings. The standard InChI is InChI=1S/C15H16N4O2S3/c1-2-22-15-17-10(9-24-15)6-13(20)16-8-14-18-12(19-21-14)7-11-4-3-5-23-11/h3-5,9H,2,6-8H2,1H3,(H,16,20). The molecule has 0 fully saturated rings. The van der Waals surface area contributed by atoms with Crippen molar-refractivity contribution < 1.29 is 9.32 Å². The highest BCUT2D eigenvalue weighted by Crippen LogP contribution is 2.22. The first kappa shape index (κ1) is 17.1. The maximum Gasteiger partial charge on any atom is 0.246 e. The summed E-state index contributed by atoms with van der Waals surface area (Å²) in [7, 11) is 0. The van der Waals surface area contributed by atoms with E-state index < -0.39 is 0 Å². The summed E-state index contributed by atoms with van der Waals surface area (Å²) >= 11 is 4.90. The number of rotatable bonds is 8. The maximum atomic E-state index is 12.0. The molecule has 6 nitrogen and oxygen atoms in total. The lowest BCUT2D eigenvalue weighted by Crippen LogP contribution is -2.24. The molecule has 3 rings (SSSR count). The molecule has 9 heteroatoms. The number of nitrogens with zero attached hydrogens (tertiary/aromatic N) is 3. The zero-order valence-electron chi connectivity index (χ0n) is 13.0. The molecule has 0 bridgehead atoms. The molecule has 0 aromatic carbocycles. The van der Waals surface area contributed by atoms with E-state index in [1.165, 1.54) is 4.88 Å². The monoisotopic (exact) mass is 380 g/mol. The van der Waals surface area contributed by atoms with Gasteiger partial charge in [0.1, 0.15) is 4.34 Å². The van der Waals surface area contributed by atoms with Crippen molar-refractivity contribution in [3.63, 3.8) is 0 Å². The van der Waals surface area contributed by atoms with Gasteiger partial charge in [0.15, 0.2) is 5.82 Å². The Bertz CT molecular complexity index is 782. The van der Waals surface area contributed by atoms with Gasteiger partial charge in [0.05, 0.1) is 18.7 Å². The summed E-state index contributed by atoms with van der Waals surface area (Å²) in [6, 6.07) is 4.02. The molecule has 0 saturated heterocycles. The van der Waals surface area contributed by atoms with Gasteiger partial charge < -0.3 is 9.84 Å². The topological polar surface area (TPSA) is 80.9 Å². The van der Waals surface area contributed by atoms with E-state index in [1.807, 2.05) is 22.9 Å². The molecule has 0 radical (unpaired) electrons. The number of thiophene rings is 1. The lowest BCUT2D eigenvalue weighted by atomic mass is 10.3. The molecule has 0 aliphatic carbocycles. The van der Waals surface area contributed by atoms with Crippen molar-refractivity contribution in [2.45, 2.75) is 30.6 Å². The number of aromatic nitrogens is 3. The van der Waals surface area contributed by atoms with Crippen LogP contribution in [0.1, 0.15) is 29.2 Å². The second-order valence-electron chi connectivity index (χ2n) is 4.85. The van der Waals surface area contributed by atoms with Crippen LogP contribution in [-0.2, 0) is 24.2 Å². The number of hydrogen-bond donors (Lipinski definition) is 1. The predicted molar refractivity (Wildman–Crippen MR) is 95.5 cm³/mol. The van der Waals surface area contributed by atoms with Crippen LogP contribution in [0.4, 0.5) is 0 Å². The van der Waals surface area contributed by atoms with Gasteiger partial charge in [-0.3, -0.25) is 4.79 Å². The number of nitrogens with one attached hydrogen (secondary N) is 1. The molecule has 0 unspecified atom stereocenters. The van der Waals surface area contributed by atoms with E-state index in [4.69, 9.17) is 4.52 Å². The molecule has 126 valence electrons. The molecular formula is C15H16N4O2S3. The van der Waals surface area contributed by atoms with E-state index in [1.54, 1.807) is 34.4 Å². The van der Waals surface area contributed by atoms with Crippen LogP contribution >= 0.6 is 34.4 Å². The summed E-state index contributed by atoms with van der Waals surface area (Å²) in [5.41, 5.74) is 0.789. The maximum absolute atomic E-state index is 12.0. The lowest BCUT2D eigenvalue weighted by molar-refractivity contribution is -0.120. The van der Waals surface area contributed by atoms with Gasteiger partial charge in [-0.2, -0.15) is 4.98 Å². The summed E-state index contributed by atoms with van der Waals surface area (Å²) < 4.78 is 6.16. The Morgan fingerprint density at radius 1 is 1.38 bits per heavy atom. The summed E-state index contributed by atoms with van der Waals surface area (Å²) in [6.07, 6.45) is 0.906. The van der Waals surface area contributed by atoms with Gasteiger partial charge in [0.25, 0.3) is 0 Å². The Kier molecular flexibility index (Phi) is 6.00. The van der Waals surface area contributed by atoms with Crippen LogP contribution in [0.3, 0.4) is 0 Å². The second kappa shape index (κ2) is 8.41. The van der Waals surface area contributed by atoms with Gasteiger partial charge in [-0.05, 0) is 17.2 Å². The van der Waals surface area contributed by atoms with Crippen LogP contribution in [0.25, 0.3) is 0 Å². The fourth-order valence-electron chi connectivity index (χ4n) is 1.96. The summed E-state index contributed by atoms with van der Waals surface area (Å²) in [5.74, 6) is 1.91. The number of amides is 1. The largest absolute Gasteiger partial charge is 0.347 e. The molecule has 0 aliphatic rings. The Hall–Kier alpha value is -1.71. The number of hydrogen-bond acceptors (Lipinski definition) is 8. The Morgan fingerprint density at radius 2 is 2.29 bits per heavy atom. The SMILES string of the molecule is CCSc1nc(CC(=O)NCc2nc(Cc3cccs3)no2)cs1. The van der Waals surface area contributed by atoms with Crippen LogP contribution in [0.5, 0.6) is 0 Å². The predicted octanol–water partition coefficient (Wildman–Crippen LogP) is 3.15. The van der Waals surface area contributed by atoms with Crippen LogP contribution < -0.4 is 5.32 Å². The first-order chi connectivity index (χ1) is 11.7. The normalized spacial score (nSPS) is 10.9. The van der Waals surface area contributed by atoms with Gasteiger partial charge in [-0.1, -0.05) is 29.9 Å². The fourth-order valence-corrected chi connectivity index (χ4v) is 4.41. The van der Waals surface area contributed by atoms with Crippen molar-refractivity contribution in [3.05, 3.63) is 45.2 Å². The van der Waals surface area contributed by atoms with Gasteiger partial charge in [-0.15, -0.1) is 22.7 Å². The first-order valence-electron chi connectivity index (χ1n) is 7.40. The highest BCUT2D eigenvalue weighted by molar-refractivity contribution is 8.00. The Morgan fingerprint density at radius 3 is 3.08 bits per heavy atom. The average Bonchev–Trinajstić information content (AvgIpc) is 3.29. The Balaban J connectivity index is 1.46. The number of carbonyl (C=O) groups is 1. The summed E-state index contributed by atoms with van der Waals surface area (Å²) in [4.78, 5) is 21.9. The second-order valence-corrected chi connectivity index (χ2v) is 8.25. The molecule has 0 spiro atoms. The molecular weight excluding hydrogens is 364 g/mol. The third-order valence-corrected chi connectivity index (χ3v) is 5.83. The van der Waals surface area contributed by atoms with Crippen molar-refractivity contribution in [1.29, 1.82) is 0 Å². The minimum Gasteiger partial charge on any atom is -0.347 e. The van der Waals surface area contributed by atoms with Crippen molar-refractivity contribution in [3.8, 4) is 0 Å². The highest BCUT2D eigenvalue weighted by Gasteiger charge is 2.11. The quantitative estimate of drug-likeness (QED) is 0.605. The fraction of sp³-hybridized carbons (Fsp3) is 0.333. The third-order valence-electron chi connectivity index (χ3n) is 3.00. The van der Waals surface area contributed by atoms with Crippen LogP contribution in [0.2, 0.25) is 0 Å². The summed E-state index contributed by atoms with van der Waals surface area (Å²) in [5, 5.41) is 10.7.